The summed E-state index contributed by atoms with van der Waals surface area (Å²) in [5.74, 6) is 1.25. The van der Waals surface area contributed by atoms with Crippen LogP contribution in [0.15, 0.2) is 35.1 Å². The molecule has 0 aliphatic carbocycles. The van der Waals surface area contributed by atoms with Gasteiger partial charge in [0.2, 0.25) is 0 Å². The van der Waals surface area contributed by atoms with Crippen LogP contribution in [0.5, 0.6) is 11.5 Å². The fraction of sp³-hybridized carbons (Fsp3) is 0.312. The summed E-state index contributed by atoms with van der Waals surface area (Å²) in [5, 5.41) is 9.20. The molecule has 21 heavy (non-hydrogen) atoms. The number of aromatic nitrogens is 1. The molecule has 0 atom stereocenters. The van der Waals surface area contributed by atoms with E-state index in [2.05, 4.69) is 0 Å². The summed E-state index contributed by atoms with van der Waals surface area (Å²) in [4.78, 5) is 12.2. The Morgan fingerprint density at radius 2 is 1.81 bits per heavy atom. The number of nitrogens with zero attached hydrogens (tertiary/aromatic N) is 1. The molecular formula is C16H19NO4. The molecule has 0 fully saturated rings. The summed E-state index contributed by atoms with van der Waals surface area (Å²) in [6, 6.07) is 9.00. The molecule has 5 heteroatoms. The van der Waals surface area contributed by atoms with E-state index in [-0.39, 0.29) is 12.2 Å². The van der Waals surface area contributed by atoms with Gasteiger partial charge >= 0.3 is 0 Å². The Morgan fingerprint density at radius 1 is 1.10 bits per heavy atom. The number of benzene rings is 1. The highest BCUT2D eigenvalue weighted by Gasteiger charge is 2.11. The predicted molar refractivity (Wildman–Crippen MR) is 80.8 cm³/mol. The average Bonchev–Trinajstić information content (AvgIpc) is 2.53. The van der Waals surface area contributed by atoms with Crippen molar-refractivity contribution >= 4 is 0 Å². The summed E-state index contributed by atoms with van der Waals surface area (Å²) < 4.78 is 12.1. The minimum atomic E-state index is -0.259. The van der Waals surface area contributed by atoms with Gasteiger partial charge in [-0.25, -0.2) is 0 Å². The van der Waals surface area contributed by atoms with Crippen molar-refractivity contribution in [1.82, 2.24) is 4.57 Å². The van der Waals surface area contributed by atoms with Gasteiger partial charge in [0.1, 0.15) is 0 Å². The van der Waals surface area contributed by atoms with E-state index in [4.69, 9.17) is 9.47 Å². The third-order valence-electron chi connectivity index (χ3n) is 3.42. The molecule has 112 valence electrons. The van der Waals surface area contributed by atoms with Gasteiger partial charge in [-0.05, 0) is 37.3 Å². The number of aliphatic hydroxyl groups is 1. The molecule has 1 N–H and O–H groups in total. The van der Waals surface area contributed by atoms with Crippen molar-refractivity contribution in [2.24, 2.45) is 0 Å². The molecule has 1 aromatic carbocycles. The van der Waals surface area contributed by atoms with Gasteiger partial charge in [0.25, 0.3) is 5.56 Å². The first-order valence-electron chi connectivity index (χ1n) is 6.72. The van der Waals surface area contributed by atoms with Gasteiger partial charge in [0.05, 0.1) is 26.5 Å². The number of methoxy groups -OCH3 is 2. The van der Waals surface area contributed by atoms with Gasteiger partial charge in [-0.2, -0.15) is 0 Å². The van der Waals surface area contributed by atoms with Crippen molar-refractivity contribution < 1.29 is 14.6 Å². The van der Waals surface area contributed by atoms with Gasteiger partial charge in [0, 0.05) is 17.7 Å². The molecule has 2 aromatic rings. The van der Waals surface area contributed by atoms with E-state index in [9.17, 15) is 9.90 Å². The van der Waals surface area contributed by atoms with Crippen LogP contribution in [-0.2, 0) is 13.2 Å². The summed E-state index contributed by atoms with van der Waals surface area (Å²) in [6.45, 7) is 2.16. The zero-order valence-corrected chi connectivity index (χ0v) is 12.4. The standard InChI is InChI=1S/C16H19NO4/c1-4-17-13(7-5-12(10-18)16(17)19)11-6-8-14(20-2)15(9-11)21-3/h5-9,18H,4,10H2,1-3H3. The zero-order valence-electron chi connectivity index (χ0n) is 12.4. The van der Waals surface area contributed by atoms with Gasteiger partial charge in [-0.3, -0.25) is 4.79 Å². The second kappa shape index (κ2) is 6.45. The summed E-state index contributed by atoms with van der Waals surface area (Å²) in [6.07, 6.45) is 0. The van der Waals surface area contributed by atoms with Crippen molar-refractivity contribution in [3.05, 3.63) is 46.2 Å². The van der Waals surface area contributed by atoms with Crippen LogP contribution in [0, 0.1) is 0 Å². The number of pyridine rings is 1. The molecule has 0 amide bonds. The van der Waals surface area contributed by atoms with Crippen LogP contribution in [0.4, 0.5) is 0 Å². The normalized spacial score (nSPS) is 10.5. The maximum atomic E-state index is 12.2. The number of hydrogen-bond donors (Lipinski definition) is 1. The minimum Gasteiger partial charge on any atom is -0.493 e. The van der Waals surface area contributed by atoms with Crippen molar-refractivity contribution in [3.63, 3.8) is 0 Å². The lowest BCUT2D eigenvalue weighted by Crippen LogP contribution is -2.24. The Bertz CT molecular complexity index is 691. The highest BCUT2D eigenvalue weighted by atomic mass is 16.5. The largest absolute Gasteiger partial charge is 0.493 e. The van der Waals surface area contributed by atoms with Crippen molar-refractivity contribution in [3.8, 4) is 22.8 Å². The topological polar surface area (TPSA) is 60.7 Å². The molecule has 0 radical (unpaired) electrons. The fourth-order valence-electron chi connectivity index (χ4n) is 2.31. The quantitative estimate of drug-likeness (QED) is 0.915. The lowest BCUT2D eigenvalue weighted by Gasteiger charge is -2.14. The van der Waals surface area contributed by atoms with Crippen LogP contribution < -0.4 is 15.0 Å². The lowest BCUT2D eigenvalue weighted by atomic mass is 10.1. The van der Waals surface area contributed by atoms with Gasteiger partial charge < -0.3 is 19.1 Å². The molecule has 1 heterocycles. The maximum Gasteiger partial charge on any atom is 0.256 e. The van der Waals surface area contributed by atoms with E-state index in [1.54, 1.807) is 30.9 Å². The molecule has 0 aliphatic heterocycles. The summed E-state index contributed by atoms with van der Waals surface area (Å²) >= 11 is 0. The van der Waals surface area contributed by atoms with Crippen LogP contribution in [0.1, 0.15) is 12.5 Å². The van der Waals surface area contributed by atoms with Crippen LogP contribution in [-0.4, -0.2) is 23.9 Å². The number of aliphatic hydroxyl groups excluding tert-OH is 1. The Morgan fingerprint density at radius 3 is 2.38 bits per heavy atom. The van der Waals surface area contributed by atoms with Crippen LogP contribution in [0.2, 0.25) is 0 Å². The minimum absolute atomic E-state index is 0.174. The molecule has 5 nitrogen and oxygen atoms in total. The van der Waals surface area contributed by atoms with E-state index < -0.39 is 0 Å². The maximum absolute atomic E-state index is 12.2. The smallest absolute Gasteiger partial charge is 0.256 e. The summed E-state index contributed by atoms with van der Waals surface area (Å²) in [5.41, 5.74) is 1.85. The van der Waals surface area contributed by atoms with E-state index in [1.165, 1.54) is 0 Å². The van der Waals surface area contributed by atoms with Crippen LogP contribution in [0.3, 0.4) is 0 Å². The molecule has 0 unspecified atom stereocenters. The second-order valence-electron chi connectivity index (χ2n) is 4.52. The SMILES string of the molecule is CCn1c(-c2ccc(OC)c(OC)c2)ccc(CO)c1=O. The highest BCUT2D eigenvalue weighted by molar-refractivity contribution is 5.64. The van der Waals surface area contributed by atoms with E-state index in [0.29, 0.717) is 23.6 Å². The molecule has 1 aromatic heterocycles. The first kappa shape index (κ1) is 15.1. The van der Waals surface area contributed by atoms with E-state index in [0.717, 1.165) is 11.3 Å². The Kier molecular flexibility index (Phi) is 4.65. The van der Waals surface area contributed by atoms with Crippen LogP contribution in [0.25, 0.3) is 11.3 Å². The molecule has 0 aliphatic rings. The van der Waals surface area contributed by atoms with Crippen molar-refractivity contribution in [2.45, 2.75) is 20.1 Å². The third-order valence-corrected chi connectivity index (χ3v) is 3.42. The number of hydrogen-bond acceptors (Lipinski definition) is 4. The molecular weight excluding hydrogens is 270 g/mol. The van der Waals surface area contributed by atoms with Gasteiger partial charge in [0.15, 0.2) is 11.5 Å². The highest BCUT2D eigenvalue weighted by Crippen LogP contribution is 2.31. The number of rotatable bonds is 5. The Labute approximate surface area is 123 Å². The first-order valence-corrected chi connectivity index (χ1v) is 6.72. The first-order chi connectivity index (χ1) is 10.2. The Hall–Kier alpha value is -2.27. The molecule has 0 bridgehead atoms. The monoisotopic (exact) mass is 289 g/mol. The summed E-state index contributed by atoms with van der Waals surface area (Å²) in [7, 11) is 3.15. The van der Waals surface area contributed by atoms with Gasteiger partial charge in [-0.15, -0.1) is 0 Å². The molecule has 0 saturated carbocycles. The molecule has 2 rings (SSSR count). The van der Waals surface area contributed by atoms with Crippen molar-refractivity contribution in [2.75, 3.05) is 14.2 Å². The predicted octanol–water partition coefficient (Wildman–Crippen LogP) is 2.04. The van der Waals surface area contributed by atoms with Gasteiger partial charge in [-0.1, -0.05) is 0 Å². The van der Waals surface area contributed by atoms with Crippen LogP contribution >= 0.6 is 0 Å². The molecule has 0 saturated heterocycles. The zero-order chi connectivity index (χ0) is 15.4. The van der Waals surface area contributed by atoms with Crippen molar-refractivity contribution in [1.29, 1.82) is 0 Å². The third kappa shape index (κ3) is 2.78. The second-order valence-corrected chi connectivity index (χ2v) is 4.52. The Balaban J connectivity index is 2.62. The average molecular weight is 289 g/mol. The molecule has 0 spiro atoms. The van der Waals surface area contributed by atoms with E-state index in [1.807, 2.05) is 25.1 Å². The van der Waals surface area contributed by atoms with E-state index >= 15 is 0 Å². The lowest BCUT2D eigenvalue weighted by molar-refractivity contribution is 0.279. The number of ether oxygens (including phenoxy) is 2. The fourth-order valence-corrected chi connectivity index (χ4v) is 2.31.